The van der Waals surface area contributed by atoms with Crippen molar-refractivity contribution in [2.24, 2.45) is 0 Å². The molecule has 2 aromatic rings. The van der Waals surface area contributed by atoms with Gasteiger partial charge >= 0.3 is 6.01 Å². The van der Waals surface area contributed by atoms with Gasteiger partial charge in [0.05, 0.1) is 13.7 Å². The van der Waals surface area contributed by atoms with Crippen LogP contribution in [0.5, 0.6) is 11.8 Å². The highest BCUT2D eigenvalue weighted by atomic mass is 16.5. The average molecular weight is 258 g/mol. The minimum Gasteiger partial charge on any atom is -0.494 e. The number of benzene rings is 1. The fraction of sp³-hybridized carbons (Fsp3) is 0.214. The van der Waals surface area contributed by atoms with E-state index in [4.69, 9.17) is 9.47 Å². The first-order valence-electron chi connectivity index (χ1n) is 5.86. The van der Waals surface area contributed by atoms with Gasteiger partial charge in [-0.15, -0.1) is 0 Å². The van der Waals surface area contributed by atoms with Crippen molar-refractivity contribution in [2.75, 3.05) is 13.7 Å². The zero-order valence-electron chi connectivity index (χ0n) is 10.8. The highest BCUT2D eigenvalue weighted by Crippen LogP contribution is 2.25. The van der Waals surface area contributed by atoms with E-state index in [2.05, 4.69) is 9.97 Å². The summed E-state index contributed by atoms with van der Waals surface area (Å²) >= 11 is 0. The lowest BCUT2D eigenvalue weighted by Gasteiger charge is -2.08. The van der Waals surface area contributed by atoms with Crippen LogP contribution >= 0.6 is 0 Å². The Morgan fingerprint density at radius 3 is 2.47 bits per heavy atom. The third kappa shape index (κ3) is 3.07. The molecule has 1 aromatic heterocycles. The van der Waals surface area contributed by atoms with Crippen molar-refractivity contribution in [3.05, 3.63) is 36.2 Å². The van der Waals surface area contributed by atoms with Crippen molar-refractivity contribution in [1.29, 1.82) is 0 Å². The zero-order valence-corrected chi connectivity index (χ0v) is 10.8. The molecule has 0 spiro atoms. The molecular formula is C14H14N2O3. The molecule has 0 aliphatic rings. The first kappa shape index (κ1) is 13.0. The van der Waals surface area contributed by atoms with Crippen LogP contribution in [-0.2, 0) is 0 Å². The summed E-state index contributed by atoms with van der Waals surface area (Å²) in [6.07, 6.45) is 4.08. The number of aromatic nitrogens is 2. The van der Waals surface area contributed by atoms with E-state index < -0.39 is 0 Å². The Kier molecular flexibility index (Phi) is 4.07. The van der Waals surface area contributed by atoms with Crippen LogP contribution in [0, 0.1) is 0 Å². The van der Waals surface area contributed by atoms with Gasteiger partial charge in [0.15, 0.2) is 0 Å². The Morgan fingerprint density at radius 1 is 1.16 bits per heavy atom. The lowest BCUT2D eigenvalue weighted by molar-refractivity contribution is 0.112. The predicted molar refractivity (Wildman–Crippen MR) is 70.6 cm³/mol. The number of carbonyl (C=O) groups is 1. The van der Waals surface area contributed by atoms with Gasteiger partial charge in [0.1, 0.15) is 12.0 Å². The Labute approximate surface area is 111 Å². The molecule has 0 aliphatic carbocycles. The highest BCUT2D eigenvalue weighted by Gasteiger charge is 2.05. The summed E-state index contributed by atoms with van der Waals surface area (Å²) in [5.74, 6) is 0.651. The molecule has 0 unspecified atom stereocenters. The van der Waals surface area contributed by atoms with Gasteiger partial charge < -0.3 is 9.47 Å². The molecule has 0 bridgehead atoms. The molecule has 0 aliphatic heterocycles. The largest absolute Gasteiger partial charge is 0.494 e. The molecule has 1 heterocycles. The predicted octanol–water partition coefficient (Wildman–Crippen LogP) is 2.36. The lowest BCUT2D eigenvalue weighted by Crippen LogP contribution is -1.95. The highest BCUT2D eigenvalue weighted by molar-refractivity contribution is 5.80. The van der Waals surface area contributed by atoms with Crippen LogP contribution in [0.15, 0.2) is 30.6 Å². The second-order valence-electron chi connectivity index (χ2n) is 3.80. The van der Waals surface area contributed by atoms with E-state index in [1.54, 1.807) is 24.5 Å². The van der Waals surface area contributed by atoms with E-state index in [-0.39, 0.29) is 0 Å². The van der Waals surface area contributed by atoms with Gasteiger partial charge in [-0.1, -0.05) is 0 Å². The van der Waals surface area contributed by atoms with Crippen LogP contribution in [0.2, 0.25) is 0 Å². The summed E-state index contributed by atoms with van der Waals surface area (Å²) < 4.78 is 10.3. The van der Waals surface area contributed by atoms with Crippen LogP contribution in [0.3, 0.4) is 0 Å². The summed E-state index contributed by atoms with van der Waals surface area (Å²) in [4.78, 5) is 19.0. The fourth-order valence-corrected chi connectivity index (χ4v) is 1.68. The van der Waals surface area contributed by atoms with Crippen LogP contribution in [0.25, 0.3) is 11.1 Å². The number of hydrogen-bond acceptors (Lipinski definition) is 5. The van der Waals surface area contributed by atoms with Crippen LogP contribution < -0.4 is 9.47 Å². The molecule has 2 rings (SSSR count). The lowest BCUT2D eigenvalue weighted by atomic mass is 10.1. The van der Waals surface area contributed by atoms with Crippen LogP contribution in [0.1, 0.15) is 17.3 Å². The van der Waals surface area contributed by atoms with Gasteiger partial charge in [-0.05, 0) is 30.7 Å². The molecule has 5 heteroatoms. The van der Waals surface area contributed by atoms with Gasteiger partial charge in [-0.25, -0.2) is 9.97 Å². The third-order valence-corrected chi connectivity index (χ3v) is 2.52. The van der Waals surface area contributed by atoms with E-state index in [1.165, 1.54) is 7.11 Å². The van der Waals surface area contributed by atoms with E-state index in [0.717, 1.165) is 17.4 Å². The minimum absolute atomic E-state index is 0.306. The molecule has 0 saturated carbocycles. The molecule has 0 fully saturated rings. The number of hydrogen-bond donors (Lipinski definition) is 0. The molecular weight excluding hydrogens is 244 g/mol. The second-order valence-corrected chi connectivity index (χ2v) is 3.80. The molecule has 0 saturated heterocycles. The van der Waals surface area contributed by atoms with Crippen molar-refractivity contribution < 1.29 is 14.3 Å². The smallest absolute Gasteiger partial charge is 0.316 e. The molecule has 5 nitrogen and oxygen atoms in total. The Balaban J connectivity index is 2.41. The van der Waals surface area contributed by atoms with Gasteiger partial charge in [-0.2, -0.15) is 0 Å². The number of carbonyl (C=O) groups excluding carboxylic acids is 1. The molecule has 0 atom stereocenters. The number of ether oxygens (including phenoxy) is 2. The summed E-state index contributed by atoms with van der Waals surface area (Å²) in [6.45, 7) is 2.44. The molecule has 98 valence electrons. The number of aldehydes is 1. The summed E-state index contributed by atoms with van der Waals surface area (Å²) in [7, 11) is 1.51. The third-order valence-electron chi connectivity index (χ3n) is 2.52. The van der Waals surface area contributed by atoms with Gasteiger partial charge in [0.25, 0.3) is 0 Å². The molecule has 0 amide bonds. The maximum absolute atomic E-state index is 10.9. The standard InChI is InChI=1S/C14H14N2O3/c1-3-19-13-5-10(9-17)4-11(6-13)12-7-15-14(18-2)16-8-12/h4-9H,3H2,1-2H3. The average Bonchev–Trinajstić information content (AvgIpc) is 2.47. The molecule has 0 radical (unpaired) electrons. The summed E-state index contributed by atoms with van der Waals surface area (Å²) in [5.41, 5.74) is 2.18. The van der Waals surface area contributed by atoms with Crippen molar-refractivity contribution in [1.82, 2.24) is 9.97 Å². The van der Waals surface area contributed by atoms with Crippen molar-refractivity contribution in [2.45, 2.75) is 6.92 Å². The molecule has 1 aromatic carbocycles. The number of methoxy groups -OCH3 is 1. The van der Waals surface area contributed by atoms with Gasteiger partial charge in [0.2, 0.25) is 0 Å². The fourth-order valence-electron chi connectivity index (χ4n) is 1.68. The van der Waals surface area contributed by atoms with E-state index >= 15 is 0 Å². The quantitative estimate of drug-likeness (QED) is 0.770. The normalized spacial score (nSPS) is 10.0. The zero-order chi connectivity index (χ0) is 13.7. The van der Waals surface area contributed by atoms with Crippen LogP contribution in [0.4, 0.5) is 0 Å². The molecule has 0 N–H and O–H groups in total. The number of rotatable bonds is 5. The van der Waals surface area contributed by atoms with Gasteiger partial charge in [0, 0.05) is 23.5 Å². The Morgan fingerprint density at radius 2 is 1.89 bits per heavy atom. The maximum Gasteiger partial charge on any atom is 0.316 e. The van der Waals surface area contributed by atoms with E-state index in [0.29, 0.717) is 23.9 Å². The second kappa shape index (κ2) is 5.95. The van der Waals surface area contributed by atoms with Crippen molar-refractivity contribution in [3.63, 3.8) is 0 Å². The summed E-state index contributed by atoms with van der Waals surface area (Å²) in [5, 5.41) is 0. The first-order chi connectivity index (χ1) is 9.26. The van der Waals surface area contributed by atoms with Crippen LogP contribution in [-0.4, -0.2) is 30.0 Å². The monoisotopic (exact) mass is 258 g/mol. The van der Waals surface area contributed by atoms with Crippen molar-refractivity contribution in [3.8, 4) is 22.9 Å². The van der Waals surface area contributed by atoms with E-state index in [1.807, 2.05) is 13.0 Å². The van der Waals surface area contributed by atoms with Gasteiger partial charge in [-0.3, -0.25) is 4.79 Å². The Bertz CT molecular complexity index is 567. The SMILES string of the molecule is CCOc1cc(C=O)cc(-c2cnc(OC)nc2)c1. The topological polar surface area (TPSA) is 61.3 Å². The summed E-state index contributed by atoms with van der Waals surface area (Å²) in [6, 6.07) is 5.62. The molecule has 19 heavy (non-hydrogen) atoms. The Hall–Kier alpha value is -2.43. The first-order valence-corrected chi connectivity index (χ1v) is 5.86. The number of nitrogens with zero attached hydrogens (tertiary/aromatic N) is 2. The van der Waals surface area contributed by atoms with E-state index in [9.17, 15) is 4.79 Å². The maximum atomic E-state index is 10.9. The minimum atomic E-state index is 0.306. The van der Waals surface area contributed by atoms with Crippen molar-refractivity contribution >= 4 is 6.29 Å².